The van der Waals surface area contributed by atoms with Crippen LogP contribution in [-0.2, 0) is 6.54 Å². The molecule has 0 aliphatic rings. The summed E-state index contributed by atoms with van der Waals surface area (Å²) in [4.78, 5) is 6.54. The Morgan fingerprint density at radius 3 is 2.85 bits per heavy atom. The number of nitrogens with zero attached hydrogens (tertiary/aromatic N) is 2. The van der Waals surface area contributed by atoms with Crippen molar-refractivity contribution < 1.29 is 0 Å². The molecule has 72 valence electrons. The van der Waals surface area contributed by atoms with Crippen molar-refractivity contribution >= 4 is 11.6 Å². The highest BCUT2D eigenvalue weighted by atomic mass is 35.5. The summed E-state index contributed by atoms with van der Waals surface area (Å²) in [5, 5.41) is 0. The number of halogens is 1. The van der Waals surface area contributed by atoms with Gasteiger partial charge in [0, 0.05) is 25.2 Å². The molecule has 0 amide bonds. The van der Waals surface area contributed by atoms with E-state index in [9.17, 15) is 0 Å². The minimum absolute atomic E-state index is 0.681. The maximum atomic E-state index is 5.68. The van der Waals surface area contributed by atoms with E-state index in [0.717, 1.165) is 25.3 Å². The molecule has 0 aliphatic heterocycles. The quantitative estimate of drug-likeness (QED) is 0.674. The number of hydrogen-bond acceptors (Lipinski definition) is 2. The summed E-state index contributed by atoms with van der Waals surface area (Å²) >= 11 is 5.68. The van der Waals surface area contributed by atoms with Gasteiger partial charge in [-0.05, 0) is 18.7 Å². The summed E-state index contributed by atoms with van der Waals surface area (Å²) in [7, 11) is 0. The van der Waals surface area contributed by atoms with Crippen LogP contribution in [0.1, 0.15) is 12.6 Å². The molecule has 0 atom stereocenters. The predicted octanol–water partition coefficient (Wildman–Crippen LogP) is 2.14. The van der Waals surface area contributed by atoms with Gasteiger partial charge in [0.05, 0.1) is 5.69 Å². The zero-order valence-electron chi connectivity index (χ0n) is 7.91. The highest BCUT2D eigenvalue weighted by Gasteiger charge is 2.02. The Balaban J connectivity index is 2.46. The van der Waals surface area contributed by atoms with Gasteiger partial charge in [0.15, 0.2) is 0 Å². The first kappa shape index (κ1) is 10.5. The van der Waals surface area contributed by atoms with Crippen LogP contribution in [-0.4, -0.2) is 28.9 Å². The Morgan fingerprint density at radius 2 is 2.31 bits per heavy atom. The minimum atomic E-state index is 0.681. The van der Waals surface area contributed by atoms with Crippen molar-refractivity contribution in [3.8, 4) is 0 Å². The molecule has 13 heavy (non-hydrogen) atoms. The summed E-state index contributed by atoms with van der Waals surface area (Å²) in [6.07, 6.45) is 1.82. The minimum Gasteiger partial charge on any atom is -0.297 e. The molecule has 0 saturated carbocycles. The lowest BCUT2D eigenvalue weighted by Gasteiger charge is -2.17. The molecular weight excluding hydrogens is 184 g/mol. The number of pyridine rings is 1. The van der Waals surface area contributed by atoms with E-state index in [4.69, 9.17) is 11.6 Å². The van der Waals surface area contributed by atoms with E-state index >= 15 is 0 Å². The van der Waals surface area contributed by atoms with E-state index in [1.807, 2.05) is 24.4 Å². The molecule has 3 heteroatoms. The molecule has 0 bridgehead atoms. The fourth-order valence-corrected chi connectivity index (χ4v) is 1.43. The van der Waals surface area contributed by atoms with Crippen molar-refractivity contribution in [3.63, 3.8) is 0 Å². The Kier molecular flexibility index (Phi) is 4.79. The molecule has 1 heterocycles. The number of aromatic nitrogens is 1. The zero-order valence-corrected chi connectivity index (χ0v) is 8.67. The molecular formula is C10H15ClN2. The fraction of sp³-hybridized carbons (Fsp3) is 0.500. The van der Waals surface area contributed by atoms with E-state index in [1.165, 1.54) is 0 Å². The van der Waals surface area contributed by atoms with Crippen LogP contribution in [0.15, 0.2) is 24.4 Å². The normalized spacial score (nSPS) is 10.7. The Morgan fingerprint density at radius 1 is 1.46 bits per heavy atom. The van der Waals surface area contributed by atoms with Gasteiger partial charge in [-0.15, -0.1) is 11.6 Å². The smallest absolute Gasteiger partial charge is 0.0543 e. The van der Waals surface area contributed by atoms with Crippen molar-refractivity contribution in [2.75, 3.05) is 19.0 Å². The topological polar surface area (TPSA) is 16.1 Å². The van der Waals surface area contributed by atoms with E-state index in [0.29, 0.717) is 5.88 Å². The van der Waals surface area contributed by atoms with Crippen molar-refractivity contribution in [2.24, 2.45) is 0 Å². The molecule has 0 aliphatic carbocycles. The highest BCUT2D eigenvalue weighted by Crippen LogP contribution is 2.00. The predicted molar refractivity (Wildman–Crippen MR) is 55.9 cm³/mol. The molecule has 0 unspecified atom stereocenters. The van der Waals surface area contributed by atoms with Crippen LogP contribution in [0.2, 0.25) is 0 Å². The standard InChI is InChI=1S/C10H15ClN2/c1-2-13(8-6-11)9-10-5-3-4-7-12-10/h3-5,7H,2,6,8-9H2,1H3. The van der Waals surface area contributed by atoms with Gasteiger partial charge in [0.25, 0.3) is 0 Å². The van der Waals surface area contributed by atoms with Gasteiger partial charge in [-0.25, -0.2) is 0 Å². The van der Waals surface area contributed by atoms with Crippen LogP contribution in [0.5, 0.6) is 0 Å². The molecule has 2 nitrogen and oxygen atoms in total. The fourth-order valence-electron chi connectivity index (χ4n) is 1.19. The maximum absolute atomic E-state index is 5.68. The summed E-state index contributed by atoms with van der Waals surface area (Å²) < 4.78 is 0. The monoisotopic (exact) mass is 198 g/mol. The van der Waals surface area contributed by atoms with Crippen molar-refractivity contribution in [1.82, 2.24) is 9.88 Å². The average Bonchev–Trinajstić information content (AvgIpc) is 2.19. The van der Waals surface area contributed by atoms with Gasteiger partial charge in [-0.3, -0.25) is 9.88 Å². The third kappa shape index (κ3) is 3.75. The molecule has 1 rings (SSSR count). The van der Waals surface area contributed by atoms with Gasteiger partial charge >= 0.3 is 0 Å². The number of rotatable bonds is 5. The largest absolute Gasteiger partial charge is 0.297 e. The van der Waals surface area contributed by atoms with Crippen LogP contribution in [0.3, 0.4) is 0 Å². The van der Waals surface area contributed by atoms with E-state index < -0.39 is 0 Å². The van der Waals surface area contributed by atoms with Crippen LogP contribution in [0, 0.1) is 0 Å². The SMILES string of the molecule is CCN(CCCl)Cc1ccccn1. The molecule has 0 aromatic carbocycles. The Hall–Kier alpha value is -0.600. The molecule has 0 spiro atoms. The van der Waals surface area contributed by atoms with E-state index in [1.54, 1.807) is 0 Å². The highest BCUT2D eigenvalue weighted by molar-refractivity contribution is 6.18. The van der Waals surface area contributed by atoms with Gasteiger partial charge in [-0.1, -0.05) is 13.0 Å². The zero-order chi connectivity index (χ0) is 9.52. The van der Waals surface area contributed by atoms with Crippen molar-refractivity contribution in [2.45, 2.75) is 13.5 Å². The lowest BCUT2D eigenvalue weighted by Crippen LogP contribution is -2.25. The molecule has 0 N–H and O–H groups in total. The van der Waals surface area contributed by atoms with Crippen molar-refractivity contribution in [1.29, 1.82) is 0 Å². The van der Waals surface area contributed by atoms with Crippen molar-refractivity contribution in [3.05, 3.63) is 30.1 Å². The molecule has 1 aromatic heterocycles. The first-order valence-electron chi connectivity index (χ1n) is 4.55. The van der Waals surface area contributed by atoms with Crippen LogP contribution >= 0.6 is 11.6 Å². The third-order valence-corrected chi connectivity index (χ3v) is 2.13. The van der Waals surface area contributed by atoms with E-state index in [-0.39, 0.29) is 0 Å². The summed E-state index contributed by atoms with van der Waals surface area (Å²) in [5.74, 6) is 0.681. The number of hydrogen-bond donors (Lipinski definition) is 0. The average molecular weight is 199 g/mol. The second-order valence-corrected chi connectivity index (χ2v) is 3.26. The summed E-state index contributed by atoms with van der Waals surface area (Å²) in [6, 6.07) is 5.98. The van der Waals surface area contributed by atoms with Crippen LogP contribution in [0.4, 0.5) is 0 Å². The Labute approximate surface area is 84.5 Å². The van der Waals surface area contributed by atoms with Gasteiger partial charge < -0.3 is 0 Å². The molecule has 1 aromatic rings. The number of alkyl halides is 1. The lowest BCUT2D eigenvalue weighted by atomic mass is 10.3. The molecule has 0 radical (unpaired) electrons. The lowest BCUT2D eigenvalue weighted by molar-refractivity contribution is 0.294. The second kappa shape index (κ2) is 5.95. The van der Waals surface area contributed by atoms with Gasteiger partial charge in [0.2, 0.25) is 0 Å². The van der Waals surface area contributed by atoms with Crippen LogP contribution < -0.4 is 0 Å². The Bertz CT molecular complexity index is 226. The summed E-state index contributed by atoms with van der Waals surface area (Å²) in [5.41, 5.74) is 1.11. The van der Waals surface area contributed by atoms with Gasteiger partial charge in [0.1, 0.15) is 0 Å². The molecule has 0 saturated heterocycles. The first-order valence-corrected chi connectivity index (χ1v) is 5.08. The summed E-state index contributed by atoms with van der Waals surface area (Å²) in [6.45, 7) is 4.97. The molecule has 0 fully saturated rings. The second-order valence-electron chi connectivity index (χ2n) is 2.88. The van der Waals surface area contributed by atoms with Crippen LogP contribution in [0.25, 0.3) is 0 Å². The third-order valence-electron chi connectivity index (χ3n) is 1.96. The maximum Gasteiger partial charge on any atom is 0.0543 e. The van der Waals surface area contributed by atoms with E-state index in [2.05, 4.69) is 16.8 Å². The first-order chi connectivity index (χ1) is 6.36. The van der Waals surface area contributed by atoms with Gasteiger partial charge in [-0.2, -0.15) is 0 Å².